The molecule has 3 heteroatoms. The quantitative estimate of drug-likeness (QED) is 0.767. The van der Waals surface area contributed by atoms with Gasteiger partial charge in [-0.3, -0.25) is 0 Å². The number of rotatable bonds is 4. The van der Waals surface area contributed by atoms with Crippen LogP contribution in [0, 0.1) is 0 Å². The third kappa shape index (κ3) is 4.23. The summed E-state index contributed by atoms with van der Waals surface area (Å²) in [6.45, 7) is 3.66. The number of aromatic nitrogens is 1. The zero-order chi connectivity index (χ0) is 10.6. The standard InChI is InChI=1S/C11H18N2O/c1-11(2,14)7-3-4-9-5-6-10(12)13-8-9/h5-6,8,14H,3-4,7H2,1-2H3,(H2,12,13). The first-order valence-corrected chi connectivity index (χ1v) is 4.90. The molecular formula is C11H18N2O. The van der Waals surface area contributed by atoms with E-state index in [9.17, 15) is 5.11 Å². The molecule has 1 aromatic rings. The number of aryl methyl sites for hydroxylation is 1. The molecule has 0 unspecified atom stereocenters. The summed E-state index contributed by atoms with van der Waals surface area (Å²) in [6.07, 6.45) is 4.50. The molecule has 3 nitrogen and oxygen atoms in total. The lowest BCUT2D eigenvalue weighted by molar-refractivity contribution is 0.0689. The van der Waals surface area contributed by atoms with E-state index in [0.717, 1.165) is 19.3 Å². The number of hydrogen-bond acceptors (Lipinski definition) is 3. The van der Waals surface area contributed by atoms with Crippen LogP contribution >= 0.6 is 0 Å². The molecule has 1 rings (SSSR count). The Balaban J connectivity index is 2.35. The van der Waals surface area contributed by atoms with Gasteiger partial charge >= 0.3 is 0 Å². The molecule has 0 aromatic carbocycles. The maximum Gasteiger partial charge on any atom is 0.123 e. The highest BCUT2D eigenvalue weighted by Gasteiger charge is 2.11. The highest BCUT2D eigenvalue weighted by molar-refractivity contribution is 5.29. The number of aliphatic hydroxyl groups is 1. The second-order valence-electron chi connectivity index (χ2n) is 4.26. The van der Waals surface area contributed by atoms with Crippen molar-refractivity contribution in [2.75, 3.05) is 5.73 Å². The Kier molecular flexibility index (Phi) is 3.47. The van der Waals surface area contributed by atoms with Gasteiger partial charge in [-0.05, 0) is 44.7 Å². The number of hydrogen-bond donors (Lipinski definition) is 2. The molecule has 78 valence electrons. The van der Waals surface area contributed by atoms with Crippen LogP contribution in [0.3, 0.4) is 0 Å². The number of anilines is 1. The lowest BCUT2D eigenvalue weighted by Gasteiger charge is -2.16. The lowest BCUT2D eigenvalue weighted by atomic mass is 10.00. The van der Waals surface area contributed by atoms with E-state index >= 15 is 0 Å². The van der Waals surface area contributed by atoms with Gasteiger partial charge in [0.15, 0.2) is 0 Å². The topological polar surface area (TPSA) is 59.1 Å². The predicted octanol–water partition coefficient (Wildman–Crippen LogP) is 1.76. The largest absolute Gasteiger partial charge is 0.390 e. The average Bonchev–Trinajstić information content (AvgIpc) is 2.06. The van der Waals surface area contributed by atoms with E-state index in [4.69, 9.17) is 5.73 Å². The Morgan fingerprint density at radius 2 is 2.14 bits per heavy atom. The minimum Gasteiger partial charge on any atom is -0.390 e. The molecule has 0 amide bonds. The zero-order valence-electron chi connectivity index (χ0n) is 8.83. The fourth-order valence-corrected chi connectivity index (χ4v) is 1.31. The van der Waals surface area contributed by atoms with Crippen molar-refractivity contribution in [1.82, 2.24) is 4.98 Å². The highest BCUT2D eigenvalue weighted by Crippen LogP contribution is 2.13. The second-order valence-corrected chi connectivity index (χ2v) is 4.26. The first-order valence-electron chi connectivity index (χ1n) is 4.90. The van der Waals surface area contributed by atoms with E-state index in [1.807, 2.05) is 19.9 Å². The van der Waals surface area contributed by atoms with Gasteiger partial charge in [-0.15, -0.1) is 0 Å². The summed E-state index contributed by atoms with van der Waals surface area (Å²) in [5.74, 6) is 0.552. The van der Waals surface area contributed by atoms with Crippen LogP contribution in [0.15, 0.2) is 18.3 Å². The summed E-state index contributed by atoms with van der Waals surface area (Å²) in [5, 5.41) is 9.50. The van der Waals surface area contributed by atoms with Crippen molar-refractivity contribution in [3.63, 3.8) is 0 Å². The van der Waals surface area contributed by atoms with Crippen LogP contribution in [0.2, 0.25) is 0 Å². The van der Waals surface area contributed by atoms with Gasteiger partial charge in [0.05, 0.1) is 5.60 Å². The number of nitrogens with two attached hydrogens (primary N) is 1. The molecule has 0 fully saturated rings. The van der Waals surface area contributed by atoms with E-state index < -0.39 is 5.60 Å². The number of nitrogens with zero attached hydrogens (tertiary/aromatic N) is 1. The molecule has 0 spiro atoms. The van der Waals surface area contributed by atoms with Crippen molar-refractivity contribution >= 4 is 5.82 Å². The van der Waals surface area contributed by atoms with E-state index in [1.165, 1.54) is 5.56 Å². The molecule has 0 bridgehead atoms. The van der Waals surface area contributed by atoms with Crippen molar-refractivity contribution in [1.29, 1.82) is 0 Å². The first kappa shape index (κ1) is 11.0. The Morgan fingerprint density at radius 3 is 2.64 bits per heavy atom. The molecule has 14 heavy (non-hydrogen) atoms. The van der Waals surface area contributed by atoms with Gasteiger partial charge in [0.25, 0.3) is 0 Å². The van der Waals surface area contributed by atoms with E-state index in [-0.39, 0.29) is 0 Å². The van der Waals surface area contributed by atoms with Crippen LogP contribution in [0.5, 0.6) is 0 Å². The van der Waals surface area contributed by atoms with Gasteiger partial charge in [0.2, 0.25) is 0 Å². The zero-order valence-corrected chi connectivity index (χ0v) is 8.83. The summed E-state index contributed by atoms with van der Waals surface area (Å²) in [7, 11) is 0. The second kappa shape index (κ2) is 4.42. The SMILES string of the molecule is CC(C)(O)CCCc1ccc(N)nc1. The predicted molar refractivity (Wildman–Crippen MR) is 57.9 cm³/mol. The summed E-state index contributed by atoms with van der Waals surface area (Å²) >= 11 is 0. The van der Waals surface area contributed by atoms with Crippen molar-refractivity contribution in [3.8, 4) is 0 Å². The van der Waals surface area contributed by atoms with Crippen molar-refractivity contribution in [2.24, 2.45) is 0 Å². The minimum absolute atomic E-state index is 0.552. The molecule has 0 saturated carbocycles. The lowest BCUT2D eigenvalue weighted by Crippen LogP contribution is -2.18. The molecule has 3 N–H and O–H groups in total. The fourth-order valence-electron chi connectivity index (χ4n) is 1.31. The first-order chi connectivity index (χ1) is 6.47. The van der Waals surface area contributed by atoms with Gasteiger partial charge in [-0.2, -0.15) is 0 Å². The molecule has 0 aliphatic heterocycles. The van der Waals surface area contributed by atoms with Crippen LogP contribution in [0.1, 0.15) is 32.3 Å². The normalized spacial score (nSPS) is 11.6. The molecule has 0 atom stereocenters. The van der Waals surface area contributed by atoms with Crippen LogP contribution in [-0.4, -0.2) is 15.7 Å². The average molecular weight is 194 g/mol. The summed E-state index contributed by atoms with van der Waals surface area (Å²) in [6, 6.07) is 3.78. The fraction of sp³-hybridized carbons (Fsp3) is 0.545. The van der Waals surface area contributed by atoms with E-state index in [0.29, 0.717) is 5.82 Å². The van der Waals surface area contributed by atoms with Gasteiger partial charge < -0.3 is 10.8 Å². The van der Waals surface area contributed by atoms with E-state index in [1.54, 1.807) is 12.3 Å². The Hall–Kier alpha value is -1.09. The Morgan fingerprint density at radius 1 is 1.43 bits per heavy atom. The monoisotopic (exact) mass is 194 g/mol. The number of nitrogen functional groups attached to an aromatic ring is 1. The Bertz CT molecular complexity index is 274. The summed E-state index contributed by atoms with van der Waals surface area (Å²) in [4.78, 5) is 4.01. The van der Waals surface area contributed by atoms with Gasteiger partial charge in [-0.25, -0.2) is 4.98 Å². The van der Waals surface area contributed by atoms with E-state index in [2.05, 4.69) is 4.98 Å². The van der Waals surface area contributed by atoms with Gasteiger partial charge in [0, 0.05) is 6.20 Å². The van der Waals surface area contributed by atoms with Crippen molar-refractivity contribution in [3.05, 3.63) is 23.9 Å². The van der Waals surface area contributed by atoms with Crippen LogP contribution < -0.4 is 5.73 Å². The molecular weight excluding hydrogens is 176 g/mol. The minimum atomic E-state index is -0.568. The summed E-state index contributed by atoms with van der Waals surface area (Å²) < 4.78 is 0. The maximum absolute atomic E-state index is 9.50. The molecule has 0 saturated heterocycles. The Labute approximate surface area is 85.0 Å². The molecule has 1 heterocycles. The van der Waals surface area contributed by atoms with Gasteiger partial charge in [-0.1, -0.05) is 6.07 Å². The van der Waals surface area contributed by atoms with Gasteiger partial charge in [0.1, 0.15) is 5.82 Å². The van der Waals surface area contributed by atoms with Crippen molar-refractivity contribution < 1.29 is 5.11 Å². The van der Waals surface area contributed by atoms with Crippen molar-refractivity contribution in [2.45, 2.75) is 38.7 Å². The smallest absolute Gasteiger partial charge is 0.123 e. The van der Waals surface area contributed by atoms with Crippen LogP contribution in [0.25, 0.3) is 0 Å². The third-order valence-electron chi connectivity index (χ3n) is 2.10. The van der Waals surface area contributed by atoms with Crippen LogP contribution in [-0.2, 0) is 6.42 Å². The van der Waals surface area contributed by atoms with Crippen LogP contribution in [0.4, 0.5) is 5.82 Å². The molecule has 0 radical (unpaired) electrons. The number of pyridine rings is 1. The highest BCUT2D eigenvalue weighted by atomic mass is 16.3. The molecule has 1 aromatic heterocycles. The maximum atomic E-state index is 9.50. The third-order valence-corrected chi connectivity index (χ3v) is 2.10. The molecule has 0 aliphatic rings. The summed E-state index contributed by atoms with van der Waals surface area (Å²) in [5.41, 5.74) is 6.08. The molecule has 0 aliphatic carbocycles.